The van der Waals surface area contributed by atoms with Crippen LogP contribution in [0.5, 0.6) is 0 Å². The van der Waals surface area contributed by atoms with E-state index in [1.54, 1.807) is 11.2 Å². The number of carbonyl (C=O) groups is 2. The molecule has 1 N–H and O–H groups in total. The number of hydrogen-bond donors (Lipinski definition) is 1. The molecule has 1 amide bonds. The Morgan fingerprint density at radius 3 is 2.79 bits per heavy atom. The van der Waals surface area contributed by atoms with Gasteiger partial charge in [-0.1, -0.05) is 11.8 Å². The van der Waals surface area contributed by atoms with Crippen LogP contribution in [0.15, 0.2) is 11.5 Å². The first-order chi connectivity index (χ1) is 9.15. The van der Waals surface area contributed by atoms with Gasteiger partial charge in [0.15, 0.2) is 5.16 Å². The number of rotatable bonds is 5. The van der Waals surface area contributed by atoms with Crippen LogP contribution < -0.4 is 0 Å². The molecular formula is C11H14N4O3S. The molecule has 8 heteroatoms. The van der Waals surface area contributed by atoms with E-state index in [1.807, 2.05) is 4.57 Å². The average molecular weight is 282 g/mol. The number of thioether (sulfide) groups is 1. The van der Waals surface area contributed by atoms with E-state index in [0.717, 1.165) is 18.0 Å². The number of carboxylic acids is 1. The van der Waals surface area contributed by atoms with E-state index in [4.69, 9.17) is 5.11 Å². The van der Waals surface area contributed by atoms with Crippen molar-refractivity contribution in [2.75, 3.05) is 18.8 Å². The van der Waals surface area contributed by atoms with Crippen molar-refractivity contribution in [3.05, 3.63) is 6.33 Å². The van der Waals surface area contributed by atoms with Crippen molar-refractivity contribution in [2.24, 2.45) is 5.92 Å². The van der Waals surface area contributed by atoms with Gasteiger partial charge in [0.1, 0.15) is 6.33 Å². The monoisotopic (exact) mass is 282 g/mol. The third-order valence-corrected chi connectivity index (χ3v) is 4.33. The second-order valence-electron chi connectivity index (χ2n) is 4.87. The summed E-state index contributed by atoms with van der Waals surface area (Å²) in [5.41, 5.74) is 0. The van der Waals surface area contributed by atoms with Gasteiger partial charge in [-0.3, -0.25) is 9.59 Å². The lowest BCUT2D eigenvalue weighted by atomic mass is 10.0. The molecule has 2 aliphatic rings. The lowest BCUT2D eigenvalue weighted by Gasteiger charge is -2.36. The van der Waals surface area contributed by atoms with Gasteiger partial charge in [-0.25, -0.2) is 0 Å². The van der Waals surface area contributed by atoms with Crippen molar-refractivity contribution in [2.45, 2.75) is 24.0 Å². The molecule has 19 heavy (non-hydrogen) atoms. The molecular weight excluding hydrogens is 268 g/mol. The summed E-state index contributed by atoms with van der Waals surface area (Å²) >= 11 is 1.37. The van der Waals surface area contributed by atoms with E-state index in [-0.39, 0.29) is 11.7 Å². The number of likely N-dealkylation sites (tertiary alicyclic amines) is 1. The minimum atomic E-state index is -0.829. The van der Waals surface area contributed by atoms with Gasteiger partial charge in [-0.05, 0) is 12.8 Å². The smallest absolute Gasteiger partial charge is 0.310 e. The van der Waals surface area contributed by atoms with E-state index in [2.05, 4.69) is 10.2 Å². The maximum absolute atomic E-state index is 11.8. The minimum Gasteiger partial charge on any atom is -0.481 e. The molecule has 3 rings (SSSR count). The quantitative estimate of drug-likeness (QED) is 0.779. The molecule has 102 valence electrons. The number of hydrogen-bond acceptors (Lipinski definition) is 5. The molecule has 0 atom stereocenters. The Labute approximate surface area is 114 Å². The van der Waals surface area contributed by atoms with Crippen LogP contribution in [0.4, 0.5) is 0 Å². The molecule has 0 bridgehead atoms. The largest absolute Gasteiger partial charge is 0.481 e. The predicted octanol–water partition coefficient (Wildman–Crippen LogP) is 0.248. The highest BCUT2D eigenvalue weighted by atomic mass is 32.2. The molecule has 2 fully saturated rings. The third-order valence-electron chi connectivity index (χ3n) is 3.39. The van der Waals surface area contributed by atoms with Crippen LogP contribution in [0, 0.1) is 5.92 Å². The van der Waals surface area contributed by atoms with Crippen LogP contribution in [0.2, 0.25) is 0 Å². The molecule has 1 saturated carbocycles. The predicted molar refractivity (Wildman–Crippen MR) is 66.7 cm³/mol. The molecule has 7 nitrogen and oxygen atoms in total. The first kappa shape index (κ1) is 12.5. The number of aliphatic carboxylic acids is 1. The molecule has 1 aliphatic carbocycles. The zero-order valence-corrected chi connectivity index (χ0v) is 11.0. The van der Waals surface area contributed by atoms with Crippen LogP contribution in [0.1, 0.15) is 18.9 Å². The van der Waals surface area contributed by atoms with Crippen LogP contribution >= 0.6 is 11.8 Å². The molecule has 1 aromatic heterocycles. The first-order valence-electron chi connectivity index (χ1n) is 6.18. The Balaban J connectivity index is 1.48. The van der Waals surface area contributed by atoms with Gasteiger partial charge in [-0.15, -0.1) is 10.2 Å². The van der Waals surface area contributed by atoms with E-state index in [0.29, 0.717) is 19.1 Å². The van der Waals surface area contributed by atoms with Crippen LogP contribution in [-0.2, 0) is 9.59 Å². The summed E-state index contributed by atoms with van der Waals surface area (Å²) in [5.74, 6) is -0.973. The Hall–Kier alpha value is -1.57. The van der Waals surface area contributed by atoms with Crippen molar-refractivity contribution >= 4 is 23.6 Å². The summed E-state index contributed by atoms with van der Waals surface area (Å²) < 4.78 is 2.01. The molecule has 2 heterocycles. The van der Waals surface area contributed by atoms with Gasteiger partial charge in [0.25, 0.3) is 0 Å². The number of carbonyl (C=O) groups excluding carboxylic acids is 1. The highest BCUT2D eigenvalue weighted by Gasteiger charge is 2.35. The molecule has 0 aromatic carbocycles. The van der Waals surface area contributed by atoms with Gasteiger partial charge in [0.05, 0.1) is 11.7 Å². The maximum atomic E-state index is 11.8. The molecule has 0 radical (unpaired) electrons. The van der Waals surface area contributed by atoms with Crippen LogP contribution in [0.25, 0.3) is 0 Å². The van der Waals surface area contributed by atoms with Gasteiger partial charge >= 0.3 is 5.97 Å². The maximum Gasteiger partial charge on any atom is 0.310 e. The van der Waals surface area contributed by atoms with E-state index < -0.39 is 11.9 Å². The summed E-state index contributed by atoms with van der Waals surface area (Å²) in [6.45, 7) is 0.647. The Morgan fingerprint density at radius 2 is 2.16 bits per heavy atom. The fraction of sp³-hybridized carbons (Fsp3) is 0.636. The van der Waals surface area contributed by atoms with E-state index in [1.165, 1.54) is 11.8 Å². The summed E-state index contributed by atoms with van der Waals surface area (Å²) in [4.78, 5) is 24.1. The third kappa shape index (κ3) is 2.58. The van der Waals surface area contributed by atoms with E-state index >= 15 is 0 Å². The summed E-state index contributed by atoms with van der Waals surface area (Å²) in [7, 11) is 0. The number of amides is 1. The summed E-state index contributed by atoms with van der Waals surface area (Å²) in [6, 6.07) is 0.494. The van der Waals surface area contributed by atoms with Gasteiger partial charge in [0, 0.05) is 19.1 Å². The van der Waals surface area contributed by atoms with Crippen molar-refractivity contribution < 1.29 is 14.7 Å². The molecule has 1 aliphatic heterocycles. The lowest BCUT2D eigenvalue weighted by molar-refractivity contribution is -0.151. The lowest BCUT2D eigenvalue weighted by Crippen LogP contribution is -2.53. The molecule has 0 spiro atoms. The fourth-order valence-corrected chi connectivity index (χ4v) is 2.88. The number of aromatic nitrogens is 3. The number of nitrogens with zero attached hydrogens (tertiary/aromatic N) is 4. The zero-order chi connectivity index (χ0) is 13.4. The highest BCUT2D eigenvalue weighted by molar-refractivity contribution is 7.99. The van der Waals surface area contributed by atoms with Gasteiger partial charge in [0.2, 0.25) is 5.91 Å². The highest BCUT2D eigenvalue weighted by Crippen LogP contribution is 2.37. The Kier molecular flexibility index (Phi) is 3.17. The van der Waals surface area contributed by atoms with Crippen molar-refractivity contribution in [1.82, 2.24) is 19.7 Å². The summed E-state index contributed by atoms with van der Waals surface area (Å²) in [5, 5.41) is 17.4. The van der Waals surface area contributed by atoms with Gasteiger partial charge in [-0.2, -0.15) is 0 Å². The standard InChI is InChI=1S/C11H14N4O3S/c16-9(14-3-7(4-14)10(17)18)5-19-11-13-12-6-15(11)8-1-2-8/h6-8H,1-5H2,(H,17,18). The van der Waals surface area contributed by atoms with E-state index in [9.17, 15) is 9.59 Å². The normalized spacial score (nSPS) is 19.3. The fourth-order valence-electron chi connectivity index (χ4n) is 1.99. The van der Waals surface area contributed by atoms with Crippen LogP contribution in [0.3, 0.4) is 0 Å². The zero-order valence-electron chi connectivity index (χ0n) is 10.2. The second-order valence-corrected chi connectivity index (χ2v) is 5.82. The Morgan fingerprint density at radius 1 is 1.42 bits per heavy atom. The molecule has 1 aromatic rings. The second kappa shape index (κ2) is 4.84. The molecule has 0 unspecified atom stereocenters. The van der Waals surface area contributed by atoms with Crippen molar-refractivity contribution in [3.63, 3.8) is 0 Å². The SMILES string of the molecule is O=C(O)C1CN(C(=O)CSc2nncn2C2CC2)C1. The topological polar surface area (TPSA) is 88.3 Å². The minimum absolute atomic E-state index is 0.0344. The van der Waals surface area contributed by atoms with Gasteiger partial charge < -0.3 is 14.6 Å². The average Bonchev–Trinajstić information content (AvgIpc) is 3.03. The van der Waals surface area contributed by atoms with Crippen LogP contribution in [-0.4, -0.2) is 55.5 Å². The molecule has 1 saturated heterocycles. The van der Waals surface area contributed by atoms with Crippen molar-refractivity contribution in [1.29, 1.82) is 0 Å². The van der Waals surface area contributed by atoms with Crippen molar-refractivity contribution in [3.8, 4) is 0 Å². The number of carboxylic acid groups (broad SMARTS) is 1. The summed E-state index contributed by atoms with van der Waals surface area (Å²) in [6.07, 6.45) is 3.99. The first-order valence-corrected chi connectivity index (χ1v) is 7.16. The Bertz CT molecular complexity index is 508.